The fourth-order valence-electron chi connectivity index (χ4n) is 0.865. The number of allylic oxidation sites excluding steroid dienone is 2. The summed E-state index contributed by atoms with van der Waals surface area (Å²) in [5.74, 6) is -1.18. The van der Waals surface area contributed by atoms with Crippen LogP contribution >= 0.6 is 0 Å². The van der Waals surface area contributed by atoms with Crippen LogP contribution in [0.2, 0.25) is 0 Å². The van der Waals surface area contributed by atoms with Gasteiger partial charge in [0.15, 0.2) is 0 Å². The van der Waals surface area contributed by atoms with Gasteiger partial charge in [-0.2, -0.15) is 0 Å². The maximum absolute atomic E-state index is 9.98. The predicted molar refractivity (Wildman–Crippen MR) is 49.6 cm³/mol. The third kappa shape index (κ3) is 5.75. The third-order valence-corrected chi connectivity index (χ3v) is 1.43. The van der Waals surface area contributed by atoms with E-state index in [0.717, 1.165) is 11.6 Å². The second-order valence-corrected chi connectivity index (χ2v) is 2.45. The van der Waals surface area contributed by atoms with E-state index in [1.807, 2.05) is 36.4 Å². The molecule has 0 amide bonds. The molecule has 0 aliphatic heterocycles. The molecule has 0 atom stereocenters. The summed E-state index contributed by atoms with van der Waals surface area (Å²) in [5, 5.41) is 9.98. The number of aliphatic carboxylic acids is 1. The molecule has 0 aliphatic rings. The number of carbonyl (C=O) groups excluding carboxylic acids is 1. The van der Waals surface area contributed by atoms with Gasteiger partial charge in [-0.1, -0.05) is 48.6 Å². The van der Waals surface area contributed by atoms with Crippen LogP contribution in [-0.2, 0) is 4.79 Å². The number of hydrogen-bond donors (Lipinski definition) is 0. The summed E-state index contributed by atoms with van der Waals surface area (Å²) >= 11 is 0. The summed E-state index contributed by atoms with van der Waals surface area (Å²) in [6.07, 6.45) is 5.90. The first-order valence-corrected chi connectivity index (χ1v) is 3.90. The van der Waals surface area contributed by atoms with Crippen LogP contribution in [0.1, 0.15) is 5.56 Å². The van der Waals surface area contributed by atoms with Crippen molar-refractivity contribution in [2.45, 2.75) is 0 Å². The van der Waals surface area contributed by atoms with Crippen LogP contribution in [0.4, 0.5) is 0 Å². The van der Waals surface area contributed by atoms with Crippen LogP contribution in [0.25, 0.3) is 6.08 Å². The Bertz CT molecular complexity index is 328. The number of carboxylic acid groups (broad SMARTS) is 1. The normalized spacial score (nSPS) is 10.3. The second-order valence-electron chi connectivity index (χ2n) is 2.45. The monoisotopic (exact) mass is 196 g/mol. The van der Waals surface area contributed by atoms with Crippen LogP contribution in [0, 0.1) is 0 Å². The minimum atomic E-state index is -1.18. The maximum atomic E-state index is 9.98. The fourth-order valence-corrected chi connectivity index (χ4v) is 0.865. The Morgan fingerprint density at radius 2 is 1.79 bits per heavy atom. The molecule has 0 aromatic heterocycles. The first-order chi connectivity index (χ1) is 6.29. The van der Waals surface area contributed by atoms with Crippen molar-refractivity contribution >= 4 is 12.0 Å². The maximum Gasteiger partial charge on any atom is 1.00 e. The zero-order valence-electron chi connectivity index (χ0n) is 8.01. The van der Waals surface area contributed by atoms with Gasteiger partial charge < -0.3 is 9.90 Å². The second kappa shape index (κ2) is 7.56. The van der Waals surface area contributed by atoms with E-state index in [0.29, 0.717) is 0 Å². The van der Waals surface area contributed by atoms with Gasteiger partial charge in [-0.05, 0) is 11.6 Å². The van der Waals surface area contributed by atoms with Crippen LogP contribution in [-0.4, -0.2) is 5.97 Å². The van der Waals surface area contributed by atoms with Crippen molar-refractivity contribution in [1.82, 2.24) is 0 Å². The van der Waals surface area contributed by atoms with E-state index < -0.39 is 5.97 Å². The Hall–Kier alpha value is -0.830. The molecule has 1 rings (SSSR count). The molecule has 0 radical (unpaired) electrons. The number of carboxylic acids is 1. The molecule has 0 N–H and O–H groups in total. The molecular formula is C11H9NaO2. The topological polar surface area (TPSA) is 40.1 Å². The molecule has 1 aromatic rings. The van der Waals surface area contributed by atoms with Crippen molar-refractivity contribution < 1.29 is 39.5 Å². The van der Waals surface area contributed by atoms with Crippen LogP contribution in [0.15, 0.2) is 48.6 Å². The molecule has 3 heteroatoms. The Labute approximate surface area is 105 Å². The van der Waals surface area contributed by atoms with Crippen molar-refractivity contribution in [2.75, 3.05) is 0 Å². The van der Waals surface area contributed by atoms with Crippen LogP contribution < -0.4 is 34.7 Å². The molecule has 0 saturated carbocycles. The molecule has 66 valence electrons. The Balaban J connectivity index is 0.00000169. The van der Waals surface area contributed by atoms with E-state index in [4.69, 9.17) is 0 Å². The minimum absolute atomic E-state index is 0. The molecule has 0 bridgehead atoms. The number of carbonyl (C=O) groups is 1. The van der Waals surface area contributed by atoms with E-state index in [1.165, 1.54) is 6.08 Å². The van der Waals surface area contributed by atoms with Crippen LogP contribution in [0.5, 0.6) is 0 Å². The summed E-state index contributed by atoms with van der Waals surface area (Å²) in [7, 11) is 0. The van der Waals surface area contributed by atoms with Gasteiger partial charge in [-0.3, -0.25) is 0 Å². The number of hydrogen-bond acceptors (Lipinski definition) is 2. The summed E-state index contributed by atoms with van der Waals surface area (Å²) < 4.78 is 0. The molecular weight excluding hydrogens is 187 g/mol. The van der Waals surface area contributed by atoms with Crippen molar-refractivity contribution in [3.63, 3.8) is 0 Å². The summed E-state index contributed by atoms with van der Waals surface area (Å²) in [6.45, 7) is 0. The molecule has 2 nitrogen and oxygen atoms in total. The zero-order valence-corrected chi connectivity index (χ0v) is 10.0. The zero-order chi connectivity index (χ0) is 9.52. The van der Waals surface area contributed by atoms with Gasteiger partial charge >= 0.3 is 29.6 Å². The van der Waals surface area contributed by atoms with Gasteiger partial charge in [0, 0.05) is 0 Å². The first kappa shape index (κ1) is 13.2. The summed E-state index contributed by atoms with van der Waals surface area (Å²) in [4.78, 5) is 9.98. The molecule has 0 spiro atoms. The molecule has 0 fully saturated rings. The van der Waals surface area contributed by atoms with Crippen molar-refractivity contribution in [2.24, 2.45) is 0 Å². The average Bonchev–Trinajstić information content (AvgIpc) is 2.14. The fraction of sp³-hybridized carbons (Fsp3) is 0. The SMILES string of the molecule is O=C([O-])/C=C/C=C/c1ccccc1.[Na+]. The van der Waals surface area contributed by atoms with Crippen LogP contribution in [0.3, 0.4) is 0 Å². The van der Waals surface area contributed by atoms with E-state index in [-0.39, 0.29) is 29.6 Å². The van der Waals surface area contributed by atoms with Gasteiger partial charge in [0.1, 0.15) is 0 Å². The smallest absolute Gasteiger partial charge is 0.545 e. The molecule has 0 saturated heterocycles. The largest absolute Gasteiger partial charge is 1.00 e. The van der Waals surface area contributed by atoms with Gasteiger partial charge in [-0.15, -0.1) is 0 Å². The Kier molecular flexibility index (Phi) is 7.11. The quantitative estimate of drug-likeness (QED) is 0.319. The average molecular weight is 196 g/mol. The first-order valence-electron chi connectivity index (χ1n) is 3.90. The summed E-state index contributed by atoms with van der Waals surface area (Å²) in [5.41, 5.74) is 1.03. The predicted octanol–water partition coefficient (Wildman–Crippen LogP) is -1.99. The molecule has 0 heterocycles. The third-order valence-electron chi connectivity index (χ3n) is 1.43. The van der Waals surface area contributed by atoms with Crippen molar-refractivity contribution in [3.8, 4) is 0 Å². The standard InChI is InChI=1S/C11H10O2.Na/c12-11(13)9-5-4-8-10-6-2-1-3-7-10;/h1-9H,(H,12,13);/q;+1/p-1/b8-4+,9-5+;. The Morgan fingerprint density at radius 3 is 2.36 bits per heavy atom. The van der Waals surface area contributed by atoms with E-state index >= 15 is 0 Å². The van der Waals surface area contributed by atoms with Gasteiger partial charge in [0.2, 0.25) is 0 Å². The number of rotatable bonds is 3. The van der Waals surface area contributed by atoms with Gasteiger partial charge in [0.25, 0.3) is 0 Å². The van der Waals surface area contributed by atoms with Crippen molar-refractivity contribution in [1.29, 1.82) is 0 Å². The van der Waals surface area contributed by atoms with Gasteiger partial charge in [0.05, 0.1) is 5.97 Å². The van der Waals surface area contributed by atoms with E-state index in [1.54, 1.807) is 6.08 Å². The molecule has 0 unspecified atom stereocenters. The summed E-state index contributed by atoms with van der Waals surface area (Å²) in [6, 6.07) is 9.63. The minimum Gasteiger partial charge on any atom is -0.545 e. The molecule has 1 aromatic carbocycles. The number of benzene rings is 1. The molecule has 0 aliphatic carbocycles. The van der Waals surface area contributed by atoms with Gasteiger partial charge in [-0.25, -0.2) is 0 Å². The van der Waals surface area contributed by atoms with Crippen molar-refractivity contribution in [3.05, 3.63) is 54.1 Å². The van der Waals surface area contributed by atoms with E-state index in [2.05, 4.69) is 0 Å². The molecule has 14 heavy (non-hydrogen) atoms. The Morgan fingerprint density at radius 1 is 1.14 bits per heavy atom. The van der Waals surface area contributed by atoms with E-state index in [9.17, 15) is 9.90 Å².